The molecular weight excluding hydrogens is 471 g/mol. The molecular formula is C28H28F3NO4. The molecule has 0 spiro atoms. The van der Waals surface area contributed by atoms with Gasteiger partial charge in [0.2, 0.25) is 0 Å². The van der Waals surface area contributed by atoms with Gasteiger partial charge in [-0.3, -0.25) is 10.2 Å². The lowest BCUT2D eigenvalue weighted by atomic mass is 9.95. The summed E-state index contributed by atoms with van der Waals surface area (Å²) in [6.07, 6.45) is -4.65. The summed E-state index contributed by atoms with van der Waals surface area (Å²) in [6.45, 7) is 5.62. The first-order valence-electron chi connectivity index (χ1n) is 11.3. The molecule has 0 heterocycles. The van der Waals surface area contributed by atoms with Gasteiger partial charge in [0.25, 0.3) is 0 Å². The Bertz CT molecular complexity index is 1200. The smallest absolute Gasteiger partial charge is 0.416 e. The molecule has 0 radical (unpaired) electrons. The number of halogens is 3. The van der Waals surface area contributed by atoms with E-state index in [2.05, 4.69) is 0 Å². The van der Waals surface area contributed by atoms with E-state index in [-0.39, 0.29) is 18.9 Å². The van der Waals surface area contributed by atoms with Gasteiger partial charge in [-0.1, -0.05) is 42.5 Å². The molecule has 36 heavy (non-hydrogen) atoms. The molecule has 0 fully saturated rings. The zero-order valence-electron chi connectivity index (χ0n) is 20.2. The monoisotopic (exact) mass is 499 g/mol. The number of hydrogen-bond donors (Lipinski definition) is 2. The van der Waals surface area contributed by atoms with Crippen LogP contribution in [0.5, 0.6) is 5.75 Å². The van der Waals surface area contributed by atoms with E-state index in [0.717, 1.165) is 23.3 Å². The molecule has 3 aromatic carbocycles. The van der Waals surface area contributed by atoms with Crippen molar-refractivity contribution in [3.63, 3.8) is 0 Å². The van der Waals surface area contributed by atoms with Crippen molar-refractivity contribution in [3.05, 3.63) is 89.5 Å². The Morgan fingerprint density at radius 3 is 2.14 bits per heavy atom. The molecule has 1 atom stereocenters. The van der Waals surface area contributed by atoms with Crippen molar-refractivity contribution < 1.29 is 32.5 Å². The molecule has 2 N–H and O–H groups in total. The molecule has 3 aromatic rings. The van der Waals surface area contributed by atoms with Gasteiger partial charge in [-0.05, 0) is 73.4 Å². The standard InChI is InChI=1S/C28H28F3NO4/c1-27(2,3)36-26(32)24(16-25(33)34)20-9-13-23(14-10-20)35-17-18-5-4-6-21(15-18)19-7-11-22(12-8-19)28(29,30)31/h4-15,24,32H,16-17H2,1-3H3,(H,33,34). The van der Waals surface area contributed by atoms with E-state index in [4.69, 9.17) is 14.9 Å². The highest BCUT2D eigenvalue weighted by Crippen LogP contribution is 2.31. The second-order valence-electron chi connectivity index (χ2n) is 9.36. The number of hydrogen-bond acceptors (Lipinski definition) is 4. The van der Waals surface area contributed by atoms with Gasteiger partial charge in [0, 0.05) is 0 Å². The minimum absolute atomic E-state index is 0.112. The fraction of sp³-hybridized carbons (Fsp3) is 0.286. The highest BCUT2D eigenvalue weighted by Gasteiger charge is 2.30. The van der Waals surface area contributed by atoms with Crippen LogP contribution in [0.3, 0.4) is 0 Å². The molecule has 0 bridgehead atoms. The summed E-state index contributed by atoms with van der Waals surface area (Å²) < 4.78 is 49.9. The van der Waals surface area contributed by atoms with Crippen LogP contribution in [0.15, 0.2) is 72.8 Å². The first-order valence-corrected chi connectivity index (χ1v) is 11.3. The van der Waals surface area contributed by atoms with E-state index in [0.29, 0.717) is 16.9 Å². The molecule has 5 nitrogen and oxygen atoms in total. The number of ether oxygens (including phenoxy) is 2. The number of benzene rings is 3. The highest BCUT2D eigenvalue weighted by atomic mass is 19.4. The first kappa shape index (κ1) is 26.8. The molecule has 8 heteroatoms. The molecule has 0 amide bonds. The number of carbonyl (C=O) groups is 1. The fourth-order valence-corrected chi connectivity index (χ4v) is 3.59. The van der Waals surface area contributed by atoms with Crippen LogP contribution in [-0.2, 0) is 22.3 Å². The molecule has 0 saturated heterocycles. The molecule has 0 aliphatic heterocycles. The normalized spacial score (nSPS) is 12.6. The zero-order valence-corrected chi connectivity index (χ0v) is 20.2. The Morgan fingerprint density at radius 2 is 1.58 bits per heavy atom. The Morgan fingerprint density at radius 1 is 0.944 bits per heavy atom. The summed E-state index contributed by atoms with van der Waals surface area (Å²) in [5, 5.41) is 17.5. The van der Waals surface area contributed by atoms with Crippen molar-refractivity contribution in [2.75, 3.05) is 0 Å². The third kappa shape index (κ3) is 7.60. The first-order chi connectivity index (χ1) is 16.8. The largest absolute Gasteiger partial charge is 0.489 e. The number of nitrogens with one attached hydrogen (secondary N) is 1. The van der Waals surface area contributed by atoms with Gasteiger partial charge >= 0.3 is 12.1 Å². The number of rotatable bonds is 8. The maximum atomic E-state index is 12.8. The summed E-state index contributed by atoms with van der Waals surface area (Å²) in [5.74, 6) is -1.32. The van der Waals surface area contributed by atoms with Gasteiger partial charge in [-0.25, -0.2) is 0 Å². The van der Waals surface area contributed by atoms with E-state index in [9.17, 15) is 23.1 Å². The van der Waals surface area contributed by atoms with Crippen molar-refractivity contribution >= 4 is 11.9 Å². The van der Waals surface area contributed by atoms with Gasteiger partial charge in [0.15, 0.2) is 5.90 Å². The van der Waals surface area contributed by atoms with Crippen molar-refractivity contribution in [2.45, 2.75) is 51.5 Å². The zero-order chi connectivity index (χ0) is 26.5. The molecule has 3 rings (SSSR count). The number of carboxylic acid groups (broad SMARTS) is 1. The van der Waals surface area contributed by atoms with Gasteiger partial charge in [-0.2, -0.15) is 13.2 Å². The quantitative estimate of drug-likeness (QED) is 0.252. The second-order valence-corrected chi connectivity index (χ2v) is 9.36. The van der Waals surface area contributed by atoms with Crippen molar-refractivity contribution in [3.8, 4) is 16.9 Å². The minimum atomic E-state index is -4.38. The third-order valence-corrected chi connectivity index (χ3v) is 5.27. The molecule has 1 unspecified atom stereocenters. The average molecular weight is 500 g/mol. The Kier molecular flexibility index (Phi) is 8.07. The van der Waals surface area contributed by atoms with Gasteiger partial charge in [0.05, 0.1) is 17.9 Å². The Labute approximate surface area is 208 Å². The maximum absolute atomic E-state index is 12.8. The lowest BCUT2D eigenvalue weighted by Crippen LogP contribution is -2.28. The highest BCUT2D eigenvalue weighted by molar-refractivity contribution is 5.86. The van der Waals surface area contributed by atoms with Crippen LogP contribution in [0.25, 0.3) is 11.1 Å². The van der Waals surface area contributed by atoms with Crippen LogP contribution >= 0.6 is 0 Å². The third-order valence-electron chi connectivity index (χ3n) is 5.27. The molecule has 0 aliphatic carbocycles. The Hall–Kier alpha value is -3.81. The summed E-state index contributed by atoms with van der Waals surface area (Å²) in [7, 11) is 0. The van der Waals surface area contributed by atoms with Crippen LogP contribution in [0.1, 0.15) is 49.8 Å². The van der Waals surface area contributed by atoms with Crippen LogP contribution in [0.4, 0.5) is 13.2 Å². The van der Waals surface area contributed by atoms with Crippen molar-refractivity contribution in [2.24, 2.45) is 0 Å². The van der Waals surface area contributed by atoms with Gasteiger partial charge in [0.1, 0.15) is 18.0 Å². The minimum Gasteiger partial charge on any atom is -0.489 e. The summed E-state index contributed by atoms with van der Waals surface area (Å²) in [4.78, 5) is 11.3. The van der Waals surface area contributed by atoms with Crippen molar-refractivity contribution in [1.82, 2.24) is 0 Å². The van der Waals surface area contributed by atoms with Crippen molar-refractivity contribution in [1.29, 1.82) is 5.41 Å². The van der Waals surface area contributed by atoms with Crippen LogP contribution in [0, 0.1) is 5.41 Å². The second kappa shape index (κ2) is 10.8. The molecule has 0 aromatic heterocycles. The SMILES string of the molecule is CC(C)(C)OC(=N)C(CC(=O)O)c1ccc(OCc2cccc(-c3ccc(C(F)(F)F)cc3)c2)cc1. The van der Waals surface area contributed by atoms with Crippen LogP contribution in [0.2, 0.25) is 0 Å². The number of aliphatic carboxylic acids is 1. The van der Waals surface area contributed by atoms with Crippen LogP contribution < -0.4 is 4.74 Å². The molecule has 0 saturated carbocycles. The topological polar surface area (TPSA) is 79.6 Å². The number of carboxylic acids is 1. The summed E-state index contributed by atoms with van der Waals surface area (Å²) in [5.41, 5.74) is 1.59. The maximum Gasteiger partial charge on any atom is 0.416 e. The van der Waals surface area contributed by atoms with E-state index in [1.165, 1.54) is 12.1 Å². The summed E-state index contributed by atoms with van der Waals surface area (Å²) in [6, 6.07) is 19.2. The van der Waals surface area contributed by atoms with Gasteiger partial charge < -0.3 is 14.6 Å². The van der Waals surface area contributed by atoms with Crippen LogP contribution in [-0.4, -0.2) is 22.6 Å². The Balaban J connectivity index is 1.68. The molecule has 0 aliphatic rings. The van der Waals surface area contributed by atoms with Gasteiger partial charge in [-0.15, -0.1) is 0 Å². The predicted molar refractivity (Wildman–Crippen MR) is 131 cm³/mol. The van der Waals surface area contributed by atoms with E-state index >= 15 is 0 Å². The van der Waals surface area contributed by atoms with E-state index in [1.54, 1.807) is 45.0 Å². The average Bonchev–Trinajstić information content (AvgIpc) is 2.80. The predicted octanol–water partition coefficient (Wildman–Crippen LogP) is 7.30. The fourth-order valence-electron chi connectivity index (χ4n) is 3.59. The van der Waals surface area contributed by atoms with E-state index in [1.807, 2.05) is 24.3 Å². The lowest BCUT2D eigenvalue weighted by molar-refractivity contribution is -0.138. The lowest BCUT2D eigenvalue weighted by Gasteiger charge is -2.26. The number of alkyl halides is 3. The molecule has 190 valence electrons. The van der Waals surface area contributed by atoms with E-state index < -0.39 is 29.2 Å². The summed E-state index contributed by atoms with van der Waals surface area (Å²) >= 11 is 0.